The summed E-state index contributed by atoms with van der Waals surface area (Å²) in [5, 5.41) is 8.54. The van der Waals surface area contributed by atoms with E-state index in [1.165, 1.54) is 0 Å². The Morgan fingerprint density at radius 3 is 2.20 bits per heavy atom. The third-order valence-electron chi connectivity index (χ3n) is 1.68. The van der Waals surface area contributed by atoms with Crippen LogP contribution in [0.25, 0.3) is 0 Å². The molecule has 0 spiro atoms. The topological polar surface area (TPSA) is 98.9 Å². The first-order valence-corrected chi connectivity index (χ1v) is 6.54. The fourth-order valence-corrected chi connectivity index (χ4v) is 2.69. The number of hydrogen-bond acceptors (Lipinski definition) is 5. The number of nitrogens with two attached hydrogens (primary N) is 1. The molecule has 0 radical (unpaired) electrons. The molecule has 0 amide bonds. The second kappa shape index (κ2) is 6.95. The summed E-state index contributed by atoms with van der Waals surface area (Å²) in [6.07, 6.45) is 0.106. The fraction of sp³-hybridized carbons (Fsp3) is 0.875. The molecule has 90 valence electrons. The van der Waals surface area contributed by atoms with Crippen LogP contribution in [0.15, 0.2) is 0 Å². The van der Waals surface area contributed by atoms with Gasteiger partial charge in [-0.2, -0.15) is 0 Å². The van der Waals surface area contributed by atoms with Gasteiger partial charge in [0.05, 0.1) is 19.4 Å². The lowest BCUT2D eigenvalue weighted by Gasteiger charge is -2.17. The van der Waals surface area contributed by atoms with Gasteiger partial charge in [0.25, 0.3) is 0 Å². The molecular formula is C8H18NO5P. The van der Waals surface area contributed by atoms with Crippen LogP contribution < -0.4 is 5.73 Å². The van der Waals surface area contributed by atoms with E-state index in [-0.39, 0.29) is 25.8 Å². The summed E-state index contributed by atoms with van der Waals surface area (Å²) in [6, 6.07) is -1.03. The molecule has 0 heterocycles. The molecular weight excluding hydrogens is 221 g/mol. The Morgan fingerprint density at radius 1 is 1.40 bits per heavy atom. The molecule has 0 unspecified atom stereocenters. The van der Waals surface area contributed by atoms with Crippen LogP contribution in [-0.2, 0) is 18.4 Å². The van der Waals surface area contributed by atoms with Crippen molar-refractivity contribution in [2.45, 2.75) is 26.3 Å². The van der Waals surface area contributed by atoms with Gasteiger partial charge in [-0.3, -0.25) is 9.36 Å². The van der Waals surface area contributed by atoms with Gasteiger partial charge in [0.2, 0.25) is 0 Å². The minimum absolute atomic E-state index is 0.0299. The van der Waals surface area contributed by atoms with Gasteiger partial charge in [-0.25, -0.2) is 0 Å². The molecule has 3 N–H and O–H groups in total. The standard InChI is InChI=1S/C8H18NO5P/c1-3-13-15(12,14-4-2)6-5-7(9)8(10)11/h7H,3-6,9H2,1-2H3,(H,10,11)/t7-/m1/s1. The van der Waals surface area contributed by atoms with E-state index in [0.717, 1.165) is 0 Å². The maximum atomic E-state index is 11.8. The van der Waals surface area contributed by atoms with E-state index >= 15 is 0 Å². The van der Waals surface area contributed by atoms with E-state index in [4.69, 9.17) is 19.9 Å². The van der Waals surface area contributed by atoms with Gasteiger partial charge in [-0.05, 0) is 20.3 Å². The van der Waals surface area contributed by atoms with E-state index in [1.807, 2.05) is 0 Å². The second-order valence-corrected chi connectivity index (χ2v) is 5.09. The maximum Gasteiger partial charge on any atom is 0.330 e. The zero-order valence-corrected chi connectivity index (χ0v) is 9.90. The molecule has 0 saturated heterocycles. The molecule has 0 saturated carbocycles. The lowest BCUT2D eigenvalue weighted by Crippen LogP contribution is -2.31. The quantitative estimate of drug-likeness (QED) is 0.614. The number of carboxylic acid groups (broad SMARTS) is 1. The summed E-state index contributed by atoms with van der Waals surface area (Å²) in [7, 11) is -3.16. The van der Waals surface area contributed by atoms with Crippen LogP contribution in [-0.4, -0.2) is 36.5 Å². The van der Waals surface area contributed by atoms with Gasteiger partial charge < -0.3 is 19.9 Å². The van der Waals surface area contributed by atoms with E-state index < -0.39 is 19.6 Å². The van der Waals surface area contributed by atoms with Crippen molar-refractivity contribution in [3.63, 3.8) is 0 Å². The Bertz CT molecular complexity index is 235. The van der Waals surface area contributed by atoms with Gasteiger partial charge in [0, 0.05) is 0 Å². The summed E-state index contributed by atoms with van der Waals surface area (Å²) in [5.74, 6) is -1.12. The lowest BCUT2D eigenvalue weighted by molar-refractivity contribution is -0.138. The Labute approximate surface area is 89.3 Å². The zero-order valence-electron chi connectivity index (χ0n) is 9.01. The Kier molecular flexibility index (Phi) is 6.76. The van der Waals surface area contributed by atoms with E-state index in [9.17, 15) is 9.36 Å². The average Bonchev–Trinajstić information content (AvgIpc) is 2.15. The number of carboxylic acids is 1. The van der Waals surface area contributed by atoms with Crippen molar-refractivity contribution >= 4 is 13.6 Å². The van der Waals surface area contributed by atoms with Crippen LogP contribution in [0.5, 0.6) is 0 Å². The zero-order chi connectivity index (χ0) is 11.9. The molecule has 0 aliphatic rings. The predicted molar refractivity (Wildman–Crippen MR) is 56.0 cm³/mol. The van der Waals surface area contributed by atoms with Crippen molar-refractivity contribution in [1.29, 1.82) is 0 Å². The highest BCUT2D eigenvalue weighted by molar-refractivity contribution is 7.53. The lowest BCUT2D eigenvalue weighted by atomic mass is 10.2. The van der Waals surface area contributed by atoms with Crippen LogP contribution in [0.2, 0.25) is 0 Å². The molecule has 0 aromatic carbocycles. The first-order chi connectivity index (χ1) is 6.95. The smallest absolute Gasteiger partial charge is 0.330 e. The molecule has 15 heavy (non-hydrogen) atoms. The predicted octanol–water partition coefficient (Wildman–Crippen LogP) is 1.05. The van der Waals surface area contributed by atoms with Gasteiger partial charge in [0.15, 0.2) is 0 Å². The van der Waals surface area contributed by atoms with Gasteiger partial charge in [-0.1, -0.05) is 0 Å². The number of hydrogen-bond donors (Lipinski definition) is 2. The molecule has 1 atom stereocenters. The van der Waals surface area contributed by atoms with Crippen molar-refractivity contribution in [2.24, 2.45) is 5.73 Å². The van der Waals surface area contributed by atoms with Gasteiger partial charge in [0.1, 0.15) is 6.04 Å². The Morgan fingerprint density at radius 2 is 1.87 bits per heavy atom. The molecule has 0 aliphatic heterocycles. The highest BCUT2D eigenvalue weighted by atomic mass is 31.2. The first kappa shape index (κ1) is 14.6. The van der Waals surface area contributed by atoms with Crippen molar-refractivity contribution in [2.75, 3.05) is 19.4 Å². The molecule has 6 nitrogen and oxygen atoms in total. The maximum absolute atomic E-state index is 11.8. The van der Waals surface area contributed by atoms with Gasteiger partial charge >= 0.3 is 13.6 Å². The van der Waals surface area contributed by atoms with Crippen LogP contribution in [0.4, 0.5) is 0 Å². The highest BCUT2D eigenvalue weighted by Gasteiger charge is 2.25. The Balaban J connectivity index is 4.18. The normalized spacial score (nSPS) is 13.8. The molecule has 0 aromatic heterocycles. The molecule has 0 aromatic rings. The summed E-state index contributed by atoms with van der Waals surface area (Å²) >= 11 is 0. The number of carbonyl (C=O) groups is 1. The number of aliphatic carboxylic acids is 1. The second-order valence-electron chi connectivity index (χ2n) is 2.90. The molecule has 0 rings (SSSR count). The summed E-state index contributed by atoms with van der Waals surface area (Å²) in [4.78, 5) is 10.4. The highest BCUT2D eigenvalue weighted by Crippen LogP contribution is 2.48. The molecule has 0 aliphatic carbocycles. The van der Waals surface area contributed by atoms with E-state index in [2.05, 4.69) is 0 Å². The Hall–Kier alpha value is -0.420. The minimum Gasteiger partial charge on any atom is -0.480 e. The third-order valence-corrected chi connectivity index (χ3v) is 3.79. The monoisotopic (exact) mass is 239 g/mol. The van der Waals surface area contributed by atoms with E-state index in [0.29, 0.717) is 0 Å². The SMILES string of the molecule is CCOP(=O)(CC[C@@H](N)C(=O)O)OCC. The van der Waals surface area contributed by atoms with Crippen LogP contribution in [0, 0.1) is 0 Å². The fourth-order valence-electron chi connectivity index (χ4n) is 0.980. The van der Waals surface area contributed by atoms with Crippen LogP contribution in [0.3, 0.4) is 0 Å². The van der Waals surface area contributed by atoms with Crippen molar-refractivity contribution < 1.29 is 23.5 Å². The van der Waals surface area contributed by atoms with Crippen molar-refractivity contribution in [1.82, 2.24) is 0 Å². The average molecular weight is 239 g/mol. The van der Waals surface area contributed by atoms with Crippen LogP contribution in [0.1, 0.15) is 20.3 Å². The molecule has 0 bridgehead atoms. The largest absolute Gasteiger partial charge is 0.480 e. The molecule has 0 fully saturated rings. The molecule has 7 heteroatoms. The van der Waals surface area contributed by atoms with Gasteiger partial charge in [-0.15, -0.1) is 0 Å². The minimum atomic E-state index is -3.16. The third kappa shape index (κ3) is 5.89. The van der Waals surface area contributed by atoms with Crippen LogP contribution >= 0.6 is 7.60 Å². The first-order valence-electron chi connectivity index (χ1n) is 4.81. The summed E-state index contributed by atoms with van der Waals surface area (Å²) < 4.78 is 21.8. The number of rotatable bonds is 8. The summed E-state index contributed by atoms with van der Waals surface area (Å²) in [5.41, 5.74) is 5.28. The van der Waals surface area contributed by atoms with Crippen molar-refractivity contribution in [3.05, 3.63) is 0 Å². The summed E-state index contributed by atoms with van der Waals surface area (Å²) in [6.45, 7) is 3.92. The van der Waals surface area contributed by atoms with E-state index in [1.54, 1.807) is 13.8 Å². The van der Waals surface area contributed by atoms with Crippen molar-refractivity contribution in [3.8, 4) is 0 Å².